The van der Waals surface area contributed by atoms with Crippen molar-refractivity contribution in [3.63, 3.8) is 0 Å². The third kappa shape index (κ3) is 24.3. The number of aliphatic hydroxyl groups excluding tert-OH is 4. The van der Waals surface area contributed by atoms with E-state index < -0.39 is 59.8 Å². The molecule has 21 rings (SSSR count). The Kier molecular flexibility index (Phi) is 32.8. The highest BCUT2D eigenvalue weighted by Crippen LogP contribution is 2.47. The lowest BCUT2D eigenvalue weighted by molar-refractivity contribution is -0.139. The van der Waals surface area contributed by atoms with Crippen LogP contribution >= 0.6 is 92.8 Å². The lowest BCUT2D eigenvalue weighted by Crippen LogP contribution is -2.42. The first-order chi connectivity index (χ1) is 71.0. The molecular formula is C113H104Cl8N8O18. The van der Waals surface area contributed by atoms with Gasteiger partial charge in [0.1, 0.15) is 70.2 Å². The number of aromatic hydroxyl groups is 1. The molecule has 0 unspecified atom stereocenters. The second-order valence-corrected chi connectivity index (χ2v) is 40.3. The number of phenols is 1. The average Bonchev–Trinajstić information content (AvgIpc) is 1.58. The molecule has 4 aromatic heterocycles. The van der Waals surface area contributed by atoms with Gasteiger partial charge in [-0.2, -0.15) is 0 Å². The van der Waals surface area contributed by atoms with E-state index in [-0.39, 0.29) is 50.9 Å². The normalized spacial score (nSPS) is 16.8. The zero-order valence-electron chi connectivity index (χ0n) is 80.0. The Labute approximate surface area is 887 Å². The fraction of sp³-hybridized carbons (Fsp3) is 0.257. The molecule has 147 heavy (non-hydrogen) atoms. The summed E-state index contributed by atoms with van der Waals surface area (Å²) in [5.74, 6) is 3.29. The first-order valence-electron chi connectivity index (χ1n) is 48.0. The quantitative estimate of drug-likeness (QED) is 0.0287. The molecule has 0 radical (unpaired) electrons. The number of hydrogen-bond donors (Lipinski definition) is 9. The number of aromatic amines is 4. The molecule has 9 heterocycles. The molecule has 34 heteroatoms. The highest BCUT2D eigenvalue weighted by molar-refractivity contribution is 6.33. The number of fused-ring (bicyclic) bond motifs is 12. The van der Waals surface area contributed by atoms with Gasteiger partial charge >= 0.3 is 24.4 Å². The monoisotopic (exact) mass is 2140 g/mol. The second-order valence-electron chi connectivity index (χ2n) is 36.8. The fourth-order valence-electron chi connectivity index (χ4n) is 19.1. The summed E-state index contributed by atoms with van der Waals surface area (Å²) in [6.45, 7) is 8.52. The number of nitrogens with one attached hydrogen (secondary N) is 4. The van der Waals surface area contributed by atoms with Crippen LogP contribution < -0.4 is 33.2 Å². The topological polar surface area (TPSA) is 329 Å². The molecule has 6 atom stereocenters. The van der Waals surface area contributed by atoms with Crippen LogP contribution in [-0.2, 0) is 35.2 Å². The molecule has 16 aromatic rings. The highest BCUT2D eigenvalue weighted by atomic mass is 35.5. The standard InChI is InChI=1S/C31H30Cl2N2O5.C30H30Cl2N2O5.C28H26Cl2N2O5.C24H18Cl2N2O3/c1-31(2)38-18-24(40-31)14-16-37-22-8-3-19(4-9-22)29-28-25(26-17-21(33)7-12-27(26)34-28)13-15-35(29)30(36)39-23-10-5-20(32)6-11-23;1-2-30(16-35,17-36)18-38-22-8-3-19(4-9-22)28-27-24(25-15-21(32)7-12-26(25)33-27)13-14-34(28)29(37)39-23-10-5-20(31)6-11-23;29-18-3-8-22(9-4-18)37-28(35)32-13-11-23-24-15-19(30)5-10-25(24)31-26(23)27(32)17-1-6-21(7-2-17)36-14-12-20(34)16-33;25-15-3-8-18(9-4-15)31-24(30)28-12-11-19-20-13-16(26)5-10-21(20)27-22(19)23(28)14-1-6-17(29)7-2-14/h3-12,17,24,29,34H,13-16,18H2,1-2H3;3-12,15,28,33,35-36H,2,13-14,16-18H2,1H3;1-10,15,20,27,31,33-34H,11-14,16H2;1-10,13,23,27,29H,11-12H2/t24-,29+;28-;20-,27+;23-/m0001/s1. The molecule has 1 saturated heterocycles. The summed E-state index contributed by atoms with van der Waals surface area (Å²) >= 11 is 49.1. The van der Waals surface area contributed by atoms with Crippen molar-refractivity contribution in [2.24, 2.45) is 5.41 Å². The summed E-state index contributed by atoms with van der Waals surface area (Å²) in [5.41, 5.74) is 14.9. The molecule has 12 aromatic carbocycles. The number of halogens is 8. The van der Waals surface area contributed by atoms with E-state index in [4.69, 9.17) is 141 Å². The third-order valence-electron chi connectivity index (χ3n) is 26.8. The van der Waals surface area contributed by atoms with Gasteiger partial charge in [0.25, 0.3) is 0 Å². The number of hydrogen-bond acceptors (Lipinski definition) is 18. The van der Waals surface area contributed by atoms with Crippen molar-refractivity contribution in [3.8, 4) is 46.0 Å². The number of amides is 4. The van der Waals surface area contributed by atoms with Gasteiger partial charge in [-0.3, -0.25) is 19.6 Å². The van der Waals surface area contributed by atoms with Gasteiger partial charge in [0.2, 0.25) is 0 Å². The Morgan fingerprint density at radius 2 is 0.653 bits per heavy atom. The van der Waals surface area contributed by atoms with Gasteiger partial charge in [-0.15, -0.1) is 0 Å². The van der Waals surface area contributed by atoms with Gasteiger partial charge < -0.3 is 88.1 Å². The Balaban J connectivity index is 0.000000129. The van der Waals surface area contributed by atoms with Gasteiger partial charge in [0.15, 0.2) is 5.79 Å². The number of H-pyrrole nitrogens is 4. The number of phenolic OH excluding ortho intramolecular Hbond substituents is 1. The molecule has 9 N–H and O–H groups in total. The molecular weight excluding hydrogens is 2040 g/mol. The van der Waals surface area contributed by atoms with E-state index in [0.29, 0.717) is 153 Å². The zero-order chi connectivity index (χ0) is 103. The number of rotatable bonds is 23. The van der Waals surface area contributed by atoms with Crippen LogP contribution in [0.3, 0.4) is 0 Å². The van der Waals surface area contributed by atoms with Crippen molar-refractivity contribution in [3.05, 3.63) is 374 Å². The fourth-order valence-corrected chi connectivity index (χ4v) is 20.3. The average molecular weight is 2150 g/mol. The van der Waals surface area contributed by atoms with E-state index in [0.717, 1.165) is 123 Å². The summed E-state index contributed by atoms with van der Waals surface area (Å²) < 4.78 is 51.9. The number of nitrogens with zero attached hydrogens (tertiary/aromatic N) is 4. The zero-order valence-corrected chi connectivity index (χ0v) is 86.0. The molecule has 0 saturated carbocycles. The molecule has 1 fully saturated rings. The minimum atomic E-state index is -0.810. The maximum absolute atomic E-state index is 13.5. The molecule has 760 valence electrons. The minimum Gasteiger partial charge on any atom is -0.508 e. The van der Waals surface area contributed by atoms with Crippen LogP contribution in [0.4, 0.5) is 19.2 Å². The van der Waals surface area contributed by atoms with E-state index in [1.165, 1.54) is 0 Å². The minimum absolute atomic E-state index is 0.0191. The Hall–Kier alpha value is -12.8. The van der Waals surface area contributed by atoms with E-state index in [2.05, 4.69) is 19.9 Å². The number of carbonyl (C=O) groups is 4. The van der Waals surface area contributed by atoms with Crippen molar-refractivity contribution >= 4 is 161 Å². The highest BCUT2D eigenvalue weighted by Gasteiger charge is 2.42. The SMILES string of the molecule is CC1(C)OC[C@H](CCOc2ccc([C@@H]3c4[nH]c5ccc(Cl)cc5c4CCN3C(=O)Oc3ccc(Cl)cc3)cc2)O1.CCC(CO)(CO)COc1ccc([C@H]2c3[nH]c4ccc(Cl)cc4c3CCN2C(=O)Oc2ccc(Cl)cc2)cc1.O=C(Oc1ccc(Cl)cc1)N1CCc2c([nH]c3ccc(Cl)cc23)[C@H]1c1ccc(O)cc1.O=C(Oc1ccc(Cl)cc1)N1CCc2c([nH]c3ccc(Cl)cc23)[C@H]1c1ccc(OCC[C@H](O)CO)cc1. The molecule has 26 nitrogen and oxygen atoms in total. The smallest absolute Gasteiger partial charge is 0.416 e. The van der Waals surface area contributed by atoms with E-state index in [1.807, 2.05) is 178 Å². The van der Waals surface area contributed by atoms with Gasteiger partial charge in [0.05, 0.1) is 63.9 Å². The number of ether oxygens (including phenoxy) is 9. The van der Waals surface area contributed by atoms with Gasteiger partial charge in [-0.1, -0.05) is 148 Å². The molecule has 0 spiro atoms. The summed E-state index contributed by atoms with van der Waals surface area (Å²) in [6, 6.07) is 77.9. The lowest BCUT2D eigenvalue weighted by Gasteiger charge is -2.35. The van der Waals surface area contributed by atoms with Crippen LogP contribution in [0.2, 0.25) is 40.2 Å². The summed E-state index contributed by atoms with van der Waals surface area (Å²) in [6.07, 6.45) is 1.66. The number of aromatic nitrogens is 4. The van der Waals surface area contributed by atoms with Crippen LogP contribution in [0.1, 0.15) is 131 Å². The van der Waals surface area contributed by atoms with Crippen molar-refractivity contribution in [2.45, 2.75) is 108 Å². The van der Waals surface area contributed by atoms with Gasteiger partial charge in [-0.05, 0) is 309 Å². The Bertz CT molecular complexity index is 7350. The number of benzene rings is 12. The van der Waals surface area contributed by atoms with Gasteiger partial charge in [-0.25, -0.2) is 19.2 Å². The first-order valence-corrected chi connectivity index (χ1v) is 51.0. The van der Waals surface area contributed by atoms with Crippen molar-refractivity contribution < 1.29 is 87.3 Å². The molecule has 0 bridgehead atoms. The lowest BCUT2D eigenvalue weighted by atomic mass is 9.88. The molecule has 0 aliphatic carbocycles. The Morgan fingerprint density at radius 1 is 0.381 bits per heavy atom. The number of aliphatic hydroxyl groups is 4. The van der Waals surface area contributed by atoms with Gasteiger partial charge in [0, 0.05) is 146 Å². The molecule has 5 aliphatic rings. The van der Waals surface area contributed by atoms with Crippen LogP contribution in [0.5, 0.6) is 46.0 Å². The van der Waals surface area contributed by atoms with Crippen LogP contribution in [0, 0.1) is 5.41 Å². The maximum Gasteiger partial charge on any atom is 0.416 e. The molecule has 4 amide bonds. The second kappa shape index (κ2) is 46.3. The van der Waals surface area contributed by atoms with E-state index in [1.54, 1.807) is 129 Å². The van der Waals surface area contributed by atoms with Crippen LogP contribution in [0.15, 0.2) is 267 Å². The maximum atomic E-state index is 13.5. The Morgan fingerprint density at radius 3 is 0.925 bits per heavy atom. The van der Waals surface area contributed by atoms with Crippen LogP contribution in [0.25, 0.3) is 43.6 Å². The third-order valence-corrected chi connectivity index (χ3v) is 28.8. The molecule has 5 aliphatic heterocycles. The predicted octanol–water partition coefficient (Wildman–Crippen LogP) is 26.0. The van der Waals surface area contributed by atoms with E-state index in [9.17, 15) is 39.6 Å². The van der Waals surface area contributed by atoms with Crippen molar-refractivity contribution in [1.29, 1.82) is 0 Å². The van der Waals surface area contributed by atoms with E-state index >= 15 is 0 Å². The predicted molar refractivity (Wildman–Crippen MR) is 570 cm³/mol. The summed E-state index contributed by atoms with van der Waals surface area (Å²) in [4.78, 5) is 74.4. The summed E-state index contributed by atoms with van der Waals surface area (Å²) in [5, 5.41) is 56.8. The van der Waals surface area contributed by atoms with Crippen molar-refractivity contribution in [2.75, 3.05) is 72.4 Å². The van der Waals surface area contributed by atoms with Crippen LogP contribution in [-0.4, -0.2) is 180 Å². The summed E-state index contributed by atoms with van der Waals surface area (Å²) in [7, 11) is 0. The van der Waals surface area contributed by atoms with Crippen molar-refractivity contribution in [1.82, 2.24) is 39.5 Å². The number of carbonyl (C=O) groups excluding carboxylic acids is 4. The first kappa shape index (κ1) is 104. The largest absolute Gasteiger partial charge is 0.508 e.